The zero-order valence-corrected chi connectivity index (χ0v) is 23.1. The van der Waals surface area contributed by atoms with Crippen molar-refractivity contribution < 1.29 is 21.6 Å². The van der Waals surface area contributed by atoms with Crippen molar-refractivity contribution in [1.82, 2.24) is 15.0 Å². The largest absolute Gasteiger partial charge is 0.491 e. The van der Waals surface area contributed by atoms with Crippen molar-refractivity contribution in [2.45, 2.75) is 49.5 Å². The van der Waals surface area contributed by atoms with E-state index in [9.17, 15) is 16.8 Å². The van der Waals surface area contributed by atoms with Gasteiger partial charge in [0.15, 0.2) is 19.7 Å². The van der Waals surface area contributed by atoms with Crippen molar-refractivity contribution in [2.24, 2.45) is 0 Å². The second kappa shape index (κ2) is 9.56. The number of hydrogen-bond acceptors (Lipinski definition) is 10. The number of benzene rings is 2. The highest BCUT2D eigenvalue weighted by Gasteiger charge is 2.34. The van der Waals surface area contributed by atoms with E-state index >= 15 is 0 Å². The fourth-order valence-electron chi connectivity index (χ4n) is 3.39. The molecule has 0 aliphatic rings. The molecule has 1 N–H and O–H groups in total. The number of aromatic nitrogens is 3. The summed E-state index contributed by atoms with van der Waals surface area (Å²) in [4.78, 5) is 12.9. The van der Waals surface area contributed by atoms with Gasteiger partial charge in [-0.2, -0.15) is 0 Å². The van der Waals surface area contributed by atoms with Gasteiger partial charge in [-0.15, -0.1) is 11.3 Å². The first-order valence-electron chi connectivity index (χ1n) is 11.3. The van der Waals surface area contributed by atoms with E-state index in [1.807, 2.05) is 18.2 Å². The minimum absolute atomic E-state index is 0.0442. The van der Waals surface area contributed by atoms with Crippen molar-refractivity contribution in [3.05, 3.63) is 42.2 Å². The molecule has 0 saturated carbocycles. The van der Waals surface area contributed by atoms with Gasteiger partial charge >= 0.3 is 0 Å². The Balaban J connectivity index is 1.79. The minimum atomic E-state index is -3.86. The number of hydrogen-bond donors (Lipinski definition) is 1. The molecule has 0 radical (unpaired) electrons. The molecule has 0 amide bonds. The predicted molar refractivity (Wildman–Crippen MR) is 144 cm³/mol. The molecule has 4 rings (SSSR count). The van der Waals surface area contributed by atoms with Crippen LogP contribution in [0.3, 0.4) is 0 Å². The summed E-state index contributed by atoms with van der Waals surface area (Å²) in [6.07, 6.45) is 1.37. The third-order valence-electron chi connectivity index (χ3n) is 5.73. The van der Waals surface area contributed by atoms with Crippen LogP contribution in [0.5, 0.6) is 5.75 Å². The summed E-state index contributed by atoms with van der Waals surface area (Å²) < 4.78 is 57.2. The van der Waals surface area contributed by atoms with Gasteiger partial charge in [-0.25, -0.2) is 31.8 Å². The Morgan fingerprint density at radius 1 is 1.00 bits per heavy atom. The zero-order valence-electron chi connectivity index (χ0n) is 20.6. The quantitative estimate of drug-likeness (QED) is 0.331. The molecule has 2 aromatic heterocycles. The summed E-state index contributed by atoms with van der Waals surface area (Å²) >= 11 is 1.54. The maximum absolute atomic E-state index is 13.5. The summed E-state index contributed by atoms with van der Waals surface area (Å²) in [6, 6.07) is 8.75. The predicted octanol–water partition coefficient (Wildman–Crippen LogP) is 4.76. The van der Waals surface area contributed by atoms with Crippen LogP contribution in [0, 0.1) is 0 Å². The van der Waals surface area contributed by atoms with Gasteiger partial charge in [0.25, 0.3) is 0 Å². The standard InChI is InChI=1S/C24H28N4O5S3/c1-15(2)35(29,30)9-8-33-20-12-18-17(11-22(20)36(31,32)24(3,4)5)23(26-13-25-18)28-16-6-7-21-19(10-16)27-14-34-21/h6-7,10-15H,8-9H2,1-5H3,(H,25,26,28). The van der Waals surface area contributed by atoms with Gasteiger partial charge in [-0.1, -0.05) is 0 Å². The maximum atomic E-state index is 13.5. The zero-order chi connectivity index (χ0) is 26.3. The number of nitrogens with one attached hydrogen (secondary N) is 1. The van der Waals surface area contributed by atoms with Crippen LogP contribution in [-0.4, -0.2) is 54.1 Å². The van der Waals surface area contributed by atoms with E-state index < -0.39 is 29.7 Å². The molecule has 192 valence electrons. The number of ether oxygens (including phenoxy) is 1. The Hall–Kier alpha value is -2.83. The molecule has 0 atom stereocenters. The third-order valence-corrected chi connectivity index (χ3v) is 11.2. The molecule has 0 saturated heterocycles. The number of anilines is 2. The monoisotopic (exact) mass is 548 g/mol. The highest BCUT2D eigenvalue weighted by molar-refractivity contribution is 7.93. The van der Waals surface area contributed by atoms with Crippen molar-refractivity contribution in [1.29, 1.82) is 0 Å². The highest BCUT2D eigenvalue weighted by atomic mass is 32.2. The molecule has 0 bridgehead atoms. The fraction of sp³-hybridized carbons (Fsp3) is 0.375. The first-order valence-corrected chi connectivity index (χ1v) is 15.4. The normalized spacial score (nSPS) is 12.9. The lowest BCUT2D eigenvalue weighted by Gasteiger charge is -2.22. The number of nitrogens with zero attached hydrogens (tertiary/aromatic N) is 3. The highest BCUT2D eigenvalue weighted by Crippen LogP contribution is 2.37. The van der Waals surface area contributed by atoms with Crippen molar-refractivity contribution in [3.63, 3.8) is 0 Å². The van der Waals surface area contributed by atoms with Gasteiger partial charge in [0.1, 0.15) is 29.4 Å². The van der Waals surface area contributed by atoms with Crippen LogP contribution in [0.2, 0.25) is 0 Å². The van der Waals surface area contributed by atoms with Crippen LogP contribution in [-0.2, 0) is 19.7 Å². The molecule has 0 aliphatic carbocycles. The number of thiazole rings is 1. The first-order chi connectivity index (χ1) is 16.8. The van der Waals surface area contributed by atoms with E-state index in [4.69, 9.17) is 4.74 Å². The molecule has 12 heteroatoms. The Morgan fingerprint density at radius 2 is 1.75 bits per heavy atom. The van der Waals surface area contributed by atoms with Crippen molar-refractivity contribution in [3.8, 4) is 5.75 Å². The van der Waals surface area contributed by atoms with E-state index in [2.05, 4.69) is 20.3 Å². The van der Waals surface area contributed by atoms with Crippen LogP contribution in [0.4, 0.5) is 11.5 Å². The fourth-order valence-corrected chi connectivity index (χ4v) is 6.15. The van der Waals surface area contributed by atoms with Crippen LogP contribution in [0.15, 0.2) is 47.1 Å². The van der Waals surface area contributed by atoms with Crippen LogP contribution >= 0.6 is 11.3 Å². The Bertz CT molecular complexity index is 1640. The van der Waals surface area contributed by atoms with Crippen LogP contribution in [0.1, 0.15) is 34.6 Å². The van der Waals surface area contributed by atoms with E-state index in [-0.39, 0.29) is 23.0 Å². The van der Waals surface area contributed by atoms with Gasteiger partial charge in [-0.05, 0) is 58.9 Å². The lowest BCUT2D eigenvalue weighted by atomic mass is 10.2. The smallest absolute Gasteiger partial charge is 0.186 e. The number of fused-ring (bicyclic) bond motifs is 2. The molecule has 0 unspecified atom stereocenters. The maximum Gasteiger partial charge on any atom is 0.186 e. The van der Waals surface area contributed by atoms with E-state index in [0.29, 0.717) is 16.7 Å². The summed E-state index contributed by atoms with van der Waals surface area (Å²) in [6.45, 7) is 7.81. The summed E-state index contributed by atoms with van der Waals surface area (Å²) in [5.74, 6) is 0.256. The first kappa shape index (κ1) is 26.2. The van der Waals surface area contributed by atoms with Crippen molar-refractivity contribution in [2.75, 3.05) is 17.7 Å². The molecule has 0 aliphatic heterocycles. The Labute approximate surface area is 214 Å². The van der Waals surface area contributed by atoms with Gasteiger partial charge in [0.2, 0.25) is 0 Å². The van der Waals surface area contributed by atoms with Gasteiger partial charge in [0, 0.05) is 17.1 Å². The van der Waals surface area contributed by atoms with Gasteiger partial charge in [0.05, 0.1) is 37.0 Å². The Morgan fingerprint density at radius 3 is 2.44 bits per heavy atom. The average molecular weight is 549 g/mol. The summed E-state index contributed by atoms with van der Waals surface area (Å²) in [5, 5.41) is 3.17. The van der Waals surface area contributed by atoms with Gasteiger partial charge < -0.3 is 10.1 Å². The van der Waals surface area contributed by atoms with Gasteiger partial charge in [-0.3, -0.25) is 0 Å². The Kier molecular flexibility index (Phi) is 6.97. The lowest BCUT2D eigenvalue weighted by Crippen LogP contribution is -2.29. The third kappa shape index (κ3) is 5.16. The molecule has 9 nitrogen and oxygen atoms in total. The number of rotatable bonds is 8. The number of sulfone groups is 2. The average Bonchev–Trinajstić information content (AvgIpc) is 3.25. The summed E-state index contributed by atoms with van der Waals surface area (Å²) in [5.41, 5.74) is 3.81. The minimum Gasteiger partial charge on any atom is -0.491 e. The second-order valence-electron chi connectivity index (χ2n) is 9.58. The summed E-state index contributed by atoms with van der Waals surface area (Å²) in [7, 11) is -7.21. The molecule has 0 spiro atoms. The molecular formula is C24H28N4O5S3. The molecule has 36 heavy (non-hydrogen) atoms. The van der Waals surface area contributed by atoms with E-state index in [0.717, 1.165) is 15.9 Å². The van der Waals surface area contributed by atoms with Crippen molar-refractivity contribution >= 4 is 63.6 Å². The SMILES string of the molecule is CC(C)S(=O)(=O)CCOc1cc2ncnc(Nc3ccc4scnc4c3)c2cc1S(=O)(=O)C(C)(C)C. The van der Waals surface area contributed by atoms with Crippen LogP contribution in [0.25, 0.3) is 21.1 Å². The molecule has 0 fully saturated rings. The second-order valence-corrected chi connectivity index (χ2v) is 15.8. The molecule has 2 aromatic carbocycles. The molecular weight excluding hydrogens is 520 g/mol. The lowest BCUT2D eigenvalue weighted by molar-refractivity contribution is 0.331. The van der Waals surface area contributed by atoms with Crippen LogP contribution < -0.4 is 10.1 Å². The molecule has 2 heterocycles. The topological polar surface area (TPSA) is 128 Å². The molecule has 4 aromatic rings. The van der Waals surface area contributed by atoms with E-state index in [1.54, 1.807) is 40.1 Å². The van der Waals surface area contributed by atoms with E-state index in [1.165, 1.54) is 29.8 Å².